The highest BCUT2D eigenvalue weighted by atomic mass is 35.5. The van der Waals surface area contributed by atoms with Gasteiger partial charge in [0.15, 0.2) is 0 Å². The van der Waals surface area contributed by atoms with Gasteiger partial charge in [0.05, 0.1) is 55.3 Å². The van der Waals surface area contributed by atoms with Gasteiger partial charge in [-0.05, 0) is 51.7 Å². The zero-order chi connectivity index (χ0) is 29.8. The van der Waals surface area contributed by atoms with Crippen molar-refractivity contribution < 1.29 is 33.0 Å². The van der Waals surface area contributed by atoms with Crippen molar-refractivity contribution in [1.82, 2.24) is 10.1 Å². The highest BCUT2D eigenvalue weighted by molar-refractivity contribution is 7.18. The first kappa shape index (κ1) is 29.3. The fourth-order valence-electron chi connectivity index (χ4n) is 6.01. The van der Waals surface area contributed by atoms with Crippen LogP contribution in [0.25, 0.3) is 15.8 Å². The number of thiazole rings is 1. The lowest BCUT2D eigenvalue weighted by Crippen LogP contribution is -2.31. The molecule has 7 rings (SSSR count). The second-order valence-corrected chi connectivity index (χ2v) is 13.5. The second kappa shape index (κ2) is 11.8. The molecular formula is C31H32Cl2N2O7S. The molecule has 228 valence electrons. The summed E-state index contributed by atoms with van der Waals surface area (Å²) in [5, 5.41) is 6.55. The highest BCUT2D eigenvalue weighted by Crippen LogP contribution is 2.47. The topological polar surface area (TPSA) is 102 Å². The minimum atomic E-state index is -0.421. The molecule has 9 nitrogen and oxygen atoms in total. The lowest BCUT2D eigenvalue weighted by Gasteiger charge is -2.18. The van der Waals surface area contributed by atoms with Crippen molar-refractivity contribution in [3.05, 3.63) is 55.9 Å². The first-order valence-corrected chi connectivity index (χ1v) is 16.2. The lowest BCUT2D eigenvalue weighted by atomic mass is 9.99. The molecular weight excluding hydrogens is 615 g/mol. The van der Waals surface area contributed by atoms with Gasteiger partial charge in [-0.2, -0.15) is 0 Å². The van der Waals surface area contributed by atoms with Crippen LogP contribution in [0.4, 0.5) is 0 Å². The van der Waals surface area contributed by atoms with E-state index in [9.17, 15) is 4.79 Å². The summed E-state index contributed by atoms with van der Waals surface area (Å²) in [5.41, 5.74) is 3.42. The molecule has 4 aliphatic rings. The number of hydrogen-bond donors (Lipinski definition) is 0. The molecule has 1 aromatic carbocycles. The number of esters is 1. The van der Waals surface area contributed by atoms with Gasteiger partial charge in [-0.3, -0.25) is 0 Å². The summed E-state index contributed by atoms with van der Waals surface area (Å²) in [6, 6.07) is 3.49. The number of aromatic nitrogens is 2. The maximum Gasteiger partial charge on any atom is 0.338 e. The van der Waals surface area contributed by atoms with Gasteiger partial charge < -0.3 is 28.2 Å². The Labute approximate surface area is 263 Å². The third kappa shape index (κ3) is 5.51. The Morgan fingerprint density at radius 3 is 2.72 bits per heavy atom. The first-order valence-electron chi connectivity index (χ1n) is 14.6. The largest absolute Gasteiger partial charge is 0.489 e. The lowest BCUT2D eigenvalue weighted by molar-refractivity contribution is -0.0394. The predicted octanol–water partition coefficient (Wildman–Crippen LogP) is 7.07. The van der Waals surface area contributed by atoms with E-state index >= 15 is 0 Å². The number of allylic oxidation sites excluding steroid dienone is 4. The molecule has 2 aromatic heterocycles. The van der Waals surface area contributed by atoms with E-state index in [0.29, 0.717) is 58.3 Å². The van der Waals surface area contributed by atoms with Gasteiger partial charge in [-0.15, -0.1) is 11.3 Å². The molecule has 3 fully saturated rings. The molecule has 0 radical (unpaired) electrons. The fourth-order valence-corrected chi connectivity index (χ4v) is 7.82. The van der Waals surface area contributed by atoms with E-state index in [1.165, 1.54) is 18.4 Å². The molecule has 0 bridgehead atoms. The van der Waals surface area contributed by atoms with Gasteiger partial charge in [0.2, 0.25) is 0 Å². The van der Waals surface area contributed by atoms with Crippen LogP contribution in [-0.2, 0) is 25.6 Å². The number of rotatable bonds is 9. The number of carbonyl (C=O) groups excluding carboxylic acids is 1. The van der Waals surface area contributed by atoms with Crippen LogP contribution in [0.2, 0.25) is 0 Å². The number of benzene rings is 1. The van der Waals surface area contributed by atoms with Gasteiger partial charge in [0.25, 0.3) is 0 Å². The second-order valence-electron chi connectivity index (χ2n) is 11.6. The van der Waals surface area contributed by atoms with Crippen LogP contribution in [0.15, 0.2) is 32.8 Å². The number of hydrogen-bond acceptors (Lipinski definition) is 10. The zero-order valence-corrected chi connectivity index (χ0v) is 26.4. The van der Waals surface area contributed by atoms with Crippen LogP contribution >= 0.6 is 34.5 Å². The maximum absolute atomic E-state index is 12.3. The summed E-state index contributed by atoms with van der Waals surface area (Å²) in [7, 11) is 1.37. The summed E-state index contributed by atoms with van der Waals surface area (Å²) in [5.74, 6) is 1.25. The number of halogens is 2. The van der Waals surface area contributed by atoms with Gasteiger partial charge in [-0.1, -0.05) is 34.4 Å². The molecule has 0 spiro atoms. The number of methoxy groups -OCH3 is 1. The van der Waals surface area contributed by atoms with Gasteiger partial charge >= 0.3 is 5.97 Å². The SMILES string of the molecule is COC(=O)c1cc(OC(C)C)c2nc(C3CO[C@@H]4C(OCc5c(C6=C(Cl)CCC=C6Cl)noc5C5CC5)CO[C@H]34)sc2c1. The van der Waals surface area contributed by atoms with Gasteiger partial charge in [0.1, 0.15) is 39.9 Å². The van der Waals surface area contributed by atoms with E-state index in [4.69, 9.17) is 56.4 Å². The van der Waals surface area contributed by atoms with E-state index < -0.39 is 5.97 Å². The third-order valence-electron chi connectivity index (χ3n) is 8.23. The molecule has 2 aliphatic carbocycles. The van der Waals surface area contributed by atoms with Crippen molar-refractivity contribution in [3.8, 4) is 5.75 Å². The van der Waals surface area contributed by atoms with E-state index in [-0.39, 0.29) is 30.3 Å². The Kier molecular flexibility index (Phi) is 8.03. The summed E-state index contributed by atoms with van der Waals surface area (Å²) in [6.45, 7) is 5.02. The zero-order valence-electron chi connectivity index (χ0n) is 24.1. The minimum absolute atomic E-state index is 0.0761. The van der Waals surface area contributed by atoms with E-state index in [1.54, 1.807) is 12.1 Å². The predicted molar refractivity (Wildman–Crippen MR) is 162 cm³/mol. The van der Waals surface area contributed by atoms with Gasteiger partial charge in [-0.25, -0.2) is 9.78 Å². The minimum Gasteiger partial charge on any atom is -0.489 e. The molecule has 0 amide bonds. The van der Waals surface area contributed by atoms with Crippen LogP contribution in [0.3, 0.4) is 0 Å². The van der Waals surface area contributed by atoms with Crippen LogP contribution < -0.4 is 4.74 Å². The quantitative estimate of drug-likeness (QED) is 0.226. The molecule has 4 atom stereocenters. The monoisotopic (exact) mass is 646 g/mol. The number of nitrogens with zero attached hydrogens (tertiary/aromatic N) is 2. The molecule has 2 aliphatic heterocycles. The van der Waals surface area contributed by atoms with E-state index in [1.807, 2.05) is 19.9 Å². The van der Waals surface area contributed by atoms with Crippen molar-refractivity contribution in [2.45, 2.75) is 82.4 Å². The third-order valence-corrected chi connectivity index (χ3v) is 10.1. The van der Waals surface area contributed by atoms with Crippen molar-refractivity contribution in [3.63, 3.8) is 0 Å². The number of carbonyl (C=O) groups is 1. The molecule has 12 heteroatoms. The van der Waals surface area contributed by atoms with Crippen molar-refractivity contribution in [1.29, 1.82) is 0 Å². The van der Waals surface area contributed by atoms with Crippen LogP contribution in [0.1, 0.15) is 83.7 Å². The molecule has 4 heterocycles. The van der Waals surface area contributed by atoms with Crippen molar-refractivity contribution in [2.75, 3.05) is 20.3 Å². The van der Waals surface area contributed by atoms with E-state index in [2.05, 4.69) is 5.16 Å². The van der Waals surface area contributed by atoms with Crippen LogP contribution in [0, 0.1) is 0 Å². The average molecular weight is 648 g/mol. The molecule has 3 aromatic rings. The number of ether oxygens (including phenoxy) is 5. The summed E-state index contributed by atoms with van der Waals surface area (Å²) in [6.07, 6.45) is 4.80. The molecule has 2 unspecified atom stereocenters. The number of fused-ring (bicyclic) bond motifs is 2. The standard InChI is InChI=1S/C31H32Cl2N2O7S/c1-14(2)41-21-9-16(31(36)37-3)10-23-26(21)34-30(43-23)18-12-39-29-22(13-40-28(18)29)38-11-17-25(35-42-27(17)15-7-8-15)24-19(32)5-4-6-20(24)33/h5,9-10,14-15,18,22,28-29H,4,6-8,11-13H2,1-3H3/t18?,22?,28-,29-/m1/s1. The normalized spacial score (nSPS) is 25.5. The Hall–Kier alpha value is -2.47. The average Bonchev–Trinajstić information content (AvgIpc) is 3.28. The Balaban J connectivity index is 1.11. The summed E-state index contributed by atoms with van der Waals surface area (Å²) < 4.78 is 36.7. The Morgan fingerprint density at radius 1 is 1.16 bits per heavy atom. The van der Waals surface area contributed by atoms with Crippen LogP contribution in [-0.4, -0.2) is 60.8 Å². The maximum atomic E-state index is 12.3. The summed E-state index contributed by atoms with van der Waals surface area (Å²) >= 11 is 14.7. The van der Waals surface area contributed by atoms with E-state index in [0.717, 1.165) is 52.3 Å². The Morgan fingerprint density at radius 2 is 1.98 bits per heavy atom. The van der Waals surface area contributed by atoms with Crippen LogP contribution in [0.5, 0.6) is 5.75 Å². The van der Waals surface area contributed by atoms with Gasteiger partial charge in [0, 0.05) is 27.1 Å². The molecule has 0 N–H and O–H groups in total. The molecule has 1 saturated carbocycles. The fraction of sp³-hybridized carbons (Fsp3) is 0.516. The van der Waals surface area contributed by atoms with Crippen molar-refractivity contribution >= 4 is 56.3 Å². The highest BCUT2D eigenvalue weighted by Gasteiger charge is 2.50. The summed E-state index contributed by atoms with van der Waals surface area (Å²) in [4.78, 5) is 17.3. The van der Waals surface area contributed by atoms with Crippen molar-refractivity contribution in [2.24, 2.45) is 0 Å². The first-order chi connectivity index (χ1) is 20.8. The smallest absolute Gasteiger partial charge is 0.338 e. The molecule has 2 saturated heterocycles. The molecule has 43 heavy (non-hydrogen) atoms. The Bertz CT molecular complexity index is 1630.